The lowest BCUT2D eigenvalue weighted by atomic mass is 10.0. The van der Waals surface area contributed by atoms with Crippen LogP contribution in [0.25, 0.3) is 11.4 Å². The summed E-state index contributed by atoms with van der Waals surface area (Å²) in [7, 11) is 0. The number of amides is 1. The molecule has 1 amide bonds. The van der Waals surface area contributed by atoms with Crippen LogP contribution in [0.5, 0.6) is 0 Å². The first-order valence-corrected chi connectivity index (χ1v) is 10.3. The number of hydrogen-bond donors (Lipinski definition) is 2. The van der Waals surface area contributed by atoms with E-state index in [0.29, 0.717) is 5.69 Å². The molecular formula is C22H29N5O4. The van der Waals surface area contributed by atoms with Gasteiger partial charge in [0.15, 0.2) is 0 Å². The van der Waals surface area contributed by atoms with Gasteiger partial charge in [-0.15, -0.1) is 5.10 Å². The van der Waals surface area contributed by atoms with Gasteiger partial charge in [-0.3, -0.25) is 4.79 Å². The molecule has 2 aromatic rings. The van der Waals surface area contributed by atoms with Crippen molar-refractivity contribution in [3.8, 4) is 5.69 Å². The third kappa shape index (κ3) is 6.31. The summed E-state index contributed by atoms with van der Waals surface area (Å²) in [6.45, 7) is 11.4. The topological polar surface area (TPSA) is 110 Å². The van der Waals surface area contributed by atoms with E-state index in [9.17, 15) is 9.59 Å². The second kappa shape index (κ2) is 9.20. The number of carboxylic acid groups (broad SMARTS) is 1. The summed E-state index contributed by atoms with van der Waals surface area (Å²) in [6, 6.07) is 7.81. The number of rotatable bonds is 6. The summed E-state index contributed by atoms with van der Waals surface area (Å²) in [5.74, 6) is -0.941. The Morgan fingerprint density at radius 3 is 2.45 bits per heavy atom. The van der Waals surface area contributed by atoms with Gasteiger partial charge in [-0.05, 0) is 51.3 Å². The number of benzene rings is 1. The van der Waals surface area contributed by atoms with Crippen molar-refractivity contribution in [2.45, 2.75) is 51.7 Å². The number of hydrogen-bond acceptors (Lipinski definition) is 6. The monoisotopic (exact) mass is 427 g/mol. The van der Waals surface area contributed by atoms with E-state index in [4.69, 9.17) is 9.84 Å². The lowest BCUT2D eigenvalue weighted by Gasteiger charge is -2.35. The van der Waals surface area contributed by atoms with Gasteiger partial charge in [0.2, 0.25) is 0 Å². The smallest absolute Gasteiger partial charge is 0.407 e. The predicted octanol–water partition coefficient (Wildman–Crippen LogP) is 2.85. The Hall–Kier alpha value is -3.36. The fraction of sp³-hybridized carbons (Fsp3) is 0.455. The molecule has 1 aliphatic heterocycles. The summed E-state index contributed by atoms with van der Waals surface area (Å²) >= 11 is 0. The largest absolute Gasteiger partial charge is 0.481 e. The zero-order valence-electron chi connectivity index (χ0n) is 18.2. The van der Waals surface area contributed by atoms with Gasteiger partial charge < -0.3 is 20.1 Å². The van der Waals surface area contributed by atoms with Crippen molar-refractivity contribution < 1.29 is 19.4 Å². The third-order valence-electron chi connectivity index (χ3n) is 4.94. The molecule has 0 bridgehead atoms. The van der Waals surface area contributed by atoms with Gasteiger partial charge in [-0.2, -0.15) is 0 Å². The van der Waals surface area contributed by atoms with E-state index in [1.54, 1.807) is 10.9 Å². The molecule has 3 rings (SSSR count). The molecule has 0 spiro atoms. The lowest BCUT2D eigenvalue weighted by Crippen LogP contribution is -2.45. The van der Waals surface area contributed by atoms with Crippen LogP contribution in [0.15, 0.2) is 37.0 Å². The van der Waals surface area contributed by atoms with E-state index in [1.165, 1.54) is 0 Å². The molecule has 2 N–H and O–H groups in total. The van der Waals surface area contributed by atoms with Crippen molar-refractivity contribution in [2.75, 3.05) is 13.1 Å². The number of carbonyl (C=O) groups is 2. The van der Waals surface area contributed by atoms with Gasteiger partial charge in [0.1, 0.15) is 5.60 Å². The van der Waals surface area contributed by atoms with Crippen LogP contribution in [0.2, 0.25) is 0 Å². The van der Waals surface area contributed by atoms with Gasteiger partial charge in [0.05, 0.1) is 24.0 Å². The minimum Gasteiger partial charge on any atom is -0.481 e. The Bertz CT molecular complexity index is 938. The number of carbonyl (C=O) groups excluding carboxylic acids is 1. The molecule has 166 valence electrons. The van der Waals surface area contributed by atoms with Crippen molar-refractivity contribution in [2.24, 2.45) is 0 Å². The molecule has 0 aliphatic carbocycles. The molecule has 0 radical (unpaired) electrons. The van der Waals surface area contributed by atoms with Gasteiger partial charge in [0.25, 0.3) is 0 Å². The van der Waals surface area contributed by atoms with E-state index in [-0.39, 0.29) is 18.6 Å². The van der Waals surface area contributed by atoms with Crippen molar-refractivity contribution in [3.05, 3.63) is 48.3 Å². The summed E-state index contributed by atoms with van der Waals surface area (Å²) in [6.07, 6.45) is 2.72. The average molecular weight is 428 g/mol. The summed E-state index contributed by atoms with van der Waals surface area (Å²) in [5, 5.41) is 19.7. The molecule has 31 heavy (non-hydrogen) atoms. The first-order valence-electron chi connectivity index (χ1n) is 10.3. The number of aliphatic carboxylic acids is 1. The number of carboxylic acids is 1. The second-order valence-electron chi connectivity index (χ2n) is 8.63. The Balaban J connectivity index is 1.53. The summed E-state index contributed by atoms with van der Waals surface area (Å²) in [4.78, 5) is 25.0. The zero-order valence-corrected chi connectivity index (χ0v) is 18.2. The van der Waals surface area contributed by atoms with Crippen molar-refractivity contribution in [1.29, 1.82) is 0 Å². The maximum atomic E-state index is 12.0. The van der Waals surface area contributed by atoms with Crippen LogP contribution >= 0.6 is 0 Å². The minimum absolute atomic E-state index is 0.0913. The van der Waals surface area contributed by atoms with Gasteiger partial charge >= 0.3 is 12.1 Å². The Labute approximate surface area is 181 Å². The lowest BCUT2D eigenvalue weighted by molar-refractivity contribution is -0.136. The van der Waals surface area contributed by atoms with Crippen LogP contribution in [0.1, 0.15) is 44.9 Å². The Morgan fingerprint density at radius 2 is 1.87 bits per heavy atom. The Morgan fingerprint density at radius 1 is 1.23 bits per heavy atom. The number of likely N-dealkylation sites (tertiary alicyclic amines) is 1. The van der Waals surface area contributed by atoms with Gasteiger partial charge in [0, 0.05) is 24.8 Å². The molecule has 1 saturated heterocycles. The molecular weight excluding hydrogens is 398 g/mol. The van der Waals surface area contributed by atoms with Crippen LogP contribution in [-0.4, -0.2) is 61.8 Å². The summed E-state index contributed by atoms with van der Waals surface area (Å²) in [5.41, 5.74) is 2.61. The molecule has 0 unspecified atom stereocenters. The van der Waals surface area contributed by atoms with Crippen LogP contribution < -0.4 is 5.32 Å². The van der Waals surface area contributed by atoms with E-state index in [2.05, 4.69) is 27.1 Å². The molecule has 1 aromatic carbocycles. The quantitative estimate of drug-likeness (QED) is 0.729. The highest BCUT2D eigenvalue weighted by molar-refractivity contribution is 5.69. The average Bonchev–Trinajstić information content (AvgIpc) is 3.14. The van der Waals surface area contributed by atoms with Crippen LogP contribution in [0.4, 0.5) is 4.79 Å². The fourth-order valence-electron chi connectivity index (χ4n) is 3.42. The van der Waals surface area contributed by atoms with Crippen LogP contribution in [0, 0.1) is 0 Å². The SMILES string of the molecule is C=C(c1ccc(-n2cc(CC(=O)O)nn2)cc1)N1CCC(NC(=O)OC(C)(C)C)CC1. The highest BCUT2D eigenvalue weighted by Crippen LogP contribution is 2.23. The Kier molecular flexibility index (Phi) is 6.62. The van der Waals surface area contributed by atoms with Crippen LogP contribution in [-0.2, 0) is 16.0 Å². The molecule has 1 aliphatic rings. The number of nitrogens with one attached hydrogen (secondary N) is 1. The maximum Gasteiger partial charge on any atom is 0.407 e. The fourth-order valence-corrected chi connectivity index (χ4v) is 3.42. The number of alkyl carbamates (subject to hydrolysis) is 1. The molecule has 9 nitrogen and oxygen atoms in total. The molecule has 1 aromatic heterocycles. The minimum atomic E-state index is -0.941. The number of piperidine rings is 1. The first kappa shape index (κ1) is 22.3. The summed E-state index contributed by atoms with van der Waals surface area (Å²) < 4.78 is 6.88. The van der Waals surface area contributed by atoms with E-state index >= 15 is 0 Å². The highest BCUT2D eigenvalue weighted by atomic mass is 16.6. The maximum absolute atomic E-state index is 12.0. The predicted molar refractivity (Wildman–Crippen MR) is 116 cm³/mol. The zero-order chi connectivity index (χ0) is 22.6. The van der Waals surface area contributed by atoms with E-state index in [1.807, 2.05) is 45.0 Å². The normalized spacial score (nSPS) is 14.9. The molecule has 0 saturated carbocycles. The van der Waals surface area contributed by atoms with Crippen molar-refractivity contribution >= 4 is 17.8 Å². The number of ether oxygens (including phenoxy) is 1. The molecule has 2 heterocycles. The standard InChI is InChI=1S/C22H29N5O4/c1-15(26-11-9-17(10-12-26)23-21(30)31-22(2,3)4)16-5-7-19(8-6-16)27-14-18(24-25-27)13-20(28)29/h5-8,14,17H,1,9-13H2,2-4H3,(H,23,30)(H,28,29). The van der Waals surface area contributed by atoms with E-state index < -0.39 is 11.6 Å². The molecule has 0 atom stereocenters. The highest BCUT2D eigenvalue weighted by Gasteiger charge is 2.24. The van der Waals surface area contributed by atoms with Crippen LogP contribution in [0.3, 0.4) is 0 Å². The first-order chi connectivity index (χ1) is 14.6. The van der Waals surface area contributed by atoms with E-state index in [0.717, 1.165) is 42.9 Å². The van der Waals surface area contributed by atoms with Gasteiger partial charge in [-0.1, -0.05) is 23.9 Å². The van der Waals surface area contributed by atoms with Crippen molar-refractivity contribution in [1.82, 2.24) is 25.2 Å². The second-order valence-corrected chi connectivity index (χ2v) is 8.63. The number of aromatic nitrogens is 3. The molecule has 1 fully saturated rings. The van der Waals surface area contributed by atoms with Crippen molar-refractivity contribution in [3.63, 3.8) is 0 Å². The third-order valence-corrected chi connectivity index (χ3v) is 4.94. The number of nitrogens with zero attached hydrogens (tertiary/aromatic N) is 4. The molecule has 9 heteroatoms. The van der Waals surface area contributed by atoms with Gasteiger partial charge in [-0.25, -0.2) is 9.48 Å².